The summed E-state index contributed by atoms with van der Waals surface area (Å²) in [5, 5.41) is -0.125. The van der Waals surface area contributed by atoms with Gasteiger partial charge in [0.2, 0.25) is 5.95 Å². The SMILES string of the molecule is [C-]#[N+][C@]1(CC)/C(=C\F)[C@@H](n2cnc3c(Cl)nc(N(C(=O)OC(C)(C)C)C(=O)OC(C)(C)C)nc32)C[C@@H]1C. The van der Waals surface area contributed by atoms with Crippen molar-refractivity contribution in [1.82, 2.24) is 19.5 Å². The molecule has 0 aliphatic heterocycles. The molecule has 200 valence electrons. The van der Waals surface area contributed by atoms with Crippen LogP contribution in [0.2, 0.25) is 5.15 Å². The summed E-state index contributed by atoms with van der Waals surface area (Å²) in [5.41, 5.74) is -2.20. The Kier molecular flexibility index (Phi) is 7.57. The topological polar surface area (TPSA) is 104 Å². The van der Waals surface area contributed by atoms with Crippen LogP contribution in [0.25, 0.3) is 16.0 Å². The molecule has 10 nitrogen and oxygen atoms in total. The fourth-order valence-electron chi connectivity index (χ4n) is 4.52. The molecule has 1 aliphatic carbocycles. The van der Waals surface area contributed by atoms with Gasteiger partial charge in [-0.2, -0.15) is 9.97 Å². The molecule has 12 heteroatoms. The number of anilines is 1. The van der Waals surface area contributed by atoms with Gasteiger partial charge in [0.1, 0.15) is 16.7 Å². The lowest BCUT2D eigenvalue weighted by Gasteiger charge is -2.27. The Morgan fingerprint density at radius 2 is 1.81 bits per heavy atom. The molecule has 2 heterocycles. The Bertz CT molecular complexity index is 1260. The average molecular weight is 535 g/mol. The number of nitrogens with zero attached hydrogens (tertiary/aromatic N) is 6. The third-order valence-corrected chi connectivity index (χ3v) is 6.43. The van der Waals surface area contributed by atoms with Gasteiger partial charge in [-0.15, -0.1) is 4.90 Å². The summed E-state index contributed by atoms with van der Waals surface area (Å²) in [5.74, 6) is -0.525. The van der Waals surface area contributed by atoms with Crippen LogP contribution in [0.5, 0.6) is 0 Å². The molecule has 37 heavy (non-hydrogen) atoms. The summed E-state index contributed by atoms with van der Waals surface area (Å²) in [6, 6.07) is -0.575. The van der Waals surface area contributed by atoms with Crippen molar-refractivity contribution in [3.63, 3.8) is 0 Å². The summed E-state index contributed by atoms with van der Waals surface area (Å²) in [4.78, 5) is 43.4. The van der Waals surface area contributed by atoms with Gasteiger partial charge in [0, 0.05) is 12.3 Å². The van der Waals surface area contributed by atoms with Crippen LogP contribution in [0.4, 0.5) is 19.9 Å². The van der Waals surface area contributed by atoms with Crippen molar-refractivity contribution >= 4 is 40.9 Å². The first kappa shape index (κ1) is 28.3. The van der Waals surface area contributed by atoms with E-state index in [0.29, 0.717) is 29.6 Å². The lowest BCUT2D eigenvalue weighted by Crippen LogP contribution is -2.44. The predicted molar refractivity (Wildman–Crippen MR) is 137 cm³/mol. The van der Waals surface area contributed by atoms with E-state index in [0.717, 1.165) is 0 Å². The Labute approximate surface area is 220 Å². The van der Waals surface area contributed by atoms with E-state index in [1.165, 1.54) is 6.33 Å². The van der Waals surface area contributed by atoms with Gasteiger partial charge in [0.25, 0.3) is 5.54 Å². The summed E-state index contributed by atoms with van der Waals surface area (Å²) in [7, 11) is 0. The standard InChI is InChI=1S/C25H32ClFN6O4/c1-10-25(28-9)14(2)11-16(15(25)12-27)32-13-29-17-18(26)30-20(31-19(17)32)33(21(34)36-23(3,4)5)22(35)37-24(6,7)8/h12-14,16H,10-11H2,1-8H3/b15-12-/t14-,16-,25-/m0/s1. The predicted octanol–water partition coefficient (Wildman–Crippen LogP) is 6.66. The molecule has 2 aromatic heterocycles. The highest BCUT2D eigenvalue weighted by Gasteiger charge is 2.55. The molecule has 0 N–H and O–H groups in total. The lowest BCUT2D eigenvalue weighted by molar-refractivity contribution is 0.0427. The van der Waals surface area contributed by atoms with Crippen molar-refractivity contribution < 1.29 is 23.5 Å². The molecule has 0 radical (unpaired) electrons. The van der Waals surface area contributed by atoms with Crippen molar-refractivity contribution in [1.29, 1.82) is 0 Å². The van der Waals surface area contributed by atoms with Crippen LogP contribution < -0.4 is 4.90 Å². The van der Waals surface area contributed by atoms with Crippen LogP contribution in [0.1, 0.15) is 74.3 Å². The van der Waals surface area contributed by atoms with E-state index in [1.807, 2.05) is 13.8 Å². The fourth-order valence-corrected chi connectivity index (χ4v) is 4.73. The van der Waals surface area contributed by atoms with E-state index in [9.17, 15) is 14.0 Å². The van der Waals surface area contributed by atoms with Gasteiger partial charge in [-0.25, -0.2) is 25.5 Å². The molecule has 3 atom stereocenters. The number of aromatic nitrogens is 4. The number of amides is 2. The normalized spacial score (nSPS) is 23.2. The number of hydrogen-bond donors (Lipinski definition) is 0. The third kappa shape index (κ3) is 5.39. The minimum Gasteiger partial charge on any atom is -0.443 e. The van der Waals surface area contributed by atoms with Gasteiger partial charge in [-0.3, -0.25) is 0 Å². The molecule has 0 aromatic carbocycles. The van der Waals surface area contributed by atoms with Crippen molar-refractivity contribution in [2.24, 2.45) is 5.92 Å². The second kappa shape index (κ2) is 9.89. The number of rotatable bonds is 3. The van der Waals surface area contributed by atoms with E-state index in [1.54, 1.807) is 46.1 Å². The first-order valence-electron chi connectivity index (χ1n) is 11.9. The van der Waals surface area contributed by atoms with Gasteiger partial charge in [-0.05, 0) is 48.0 Å². The first-order valence-corrected chi connectivity index (χ1v) is 12.3. The molecule has 0 spiro atoms. The summed E-state index contributed by atoms with van der Waals surface area (Å²) >= 11 is 6.42. The van der Waals surface area contributed by atoms with Crippen molar-refractivity contribution in [3.05, 3.63) is 34.8 Å². The summed E-state index contributed by atoms with van der Waals surface area (Å²) in [6.45, 7) is 21.4. The number of carbonyl (C=O) groups is 2. The Hall–Kier alpha value is -3.26. The van der Waals surface area contributed by atoms with Gasteiger partial charge < -0.3 is 18.9 Å². The Morgan fingerprint density at radius 3 is 2.27 bits per heavy atom. The maximum absolute atomic E-state index is 14.3. The van der Waals surface area contributed by atoms with Crippen LogP contribution in [-0.4, -0.2) is 48.4 Å². The largest absolute Gasteiger partial charge is 0.443 e. The van der Waals surface area contributed by atoms with E-state index < -0.39 is 35.0 Å². The van der Waals surface area contributed by atoms with Gasteiger partial charge in [-0.1, -0.05) is 25.4 Å². The Morgan fingerprint density at radius 1 is 1.24 bits per heavy atom. The summed E-state index contributed by atoms with van der Waals surface area (Å²) in [6.07, 6.45) is 0.703. The molecule has 1 aliphatic rings. The van der Waals surface area contributed by atoms with Gasteiger partial charge in [0.15, 0.2) is 10.8 Å². The van der Waals surface area contributed by atoms with E-state index in [4.69, 9.17) is 27.6 Å². The maximum Gasteiger partial charge on any atom is 0.427 e. The zero-order valence-electron chi connectivity index (χ0n) is 22.3. The quantitative estimate of drug-likeness (QED) is 0.320. The van der Waals surface area contributed by atoms with E-state index >= 15 is 0 Å². The van der Waals surface area contributed by atoms with Gasteiger partial charge >= 0.3 is 12.2 Å². The minimum atomic E-state index is -1.06. The fraction of sp³-hybridized carbons (Fsp3) is 0.600. The van der Waals surface area contributed by atoms with E-state index in [2.05, 4.69) is 19.8 Å². The zero-order chi connectivity index (χ0) is 27.9. The Balaban J connectivity index is 2.18. The molecular formula is C25H32ClFN6O4. The van der Waals surface area contributed by atoms with Crippen LogP contribution in [0.3, 0.4) is 0 Å². The van der Waals surface area contributed by atoms with Crippen molar-refractivity contribution in [2.45, 2.75) is 91.0 Å². The number of halogens is 2. The van der Waals surface area contributed by atoms with Crippen LogP contribution in [-0.2, 0) is 9.47 Å². The first-order chi connectivity index (χ1) is 17.1. The molecular weight excluding hydrogens is 503 g/mol. The second-order valence-electron chi connectivity index (χ2n) is 11.0. The third-order valence-electron chi connectivity index (χ3n) is 6.16. The average Bonchev–Trinajstić information content (AvgIpc) is 3.29. The lowest BCUT2D eigenvalue weighted by atomic mass is 9.84. The van der Waals surface area contributed by atoms with Crippen LogP contribution in [0, 0.1) is 12.5 Å². The number of fused-ring (bicyclic) bond motifs is 1. The number of imidazole rings is 1. The molecule has 3 rings (SSSR count). The number of carbonyl (C=O) groups excluding carboxylic acids is 2. The number of ether oxygens (including phenoxy) is 2. The highest BCUT2D eigenvalue weighted by molar-refractivity contribution is 6.33. The van der Waals surface area contributed by atoms with Crippen LogP contribution in [0.15, 0.2) is 18.2 Å². The van der Waals surface area contributed by atoms with E-state index in [-0.39, 0.29) is 28.2 Å². The molecule has 1 saturated carbocycles. The highest BCUT2D eigenvalue weighted by atomic mass is 35.5. The monoisotopic (exact) mass is 534 g/mol. The highest BCUT2D eigenvalue weighted by Crippen LogP contribution is 2.51. The van der Waals surface area contributed by atoms with Crippen molar-refractivity contribution in [3.8, 4) is 0 Å². The van der Waals surface area contributed by atoms with Crippen molar-refractivity contribution in [2.75, 3.05) is 4.90 Å². The summed E-state index contributed by atoms with van der Waals surface area (Å²) < 4.78 is 26.7. The van der Waals surface area contributed by atoms with Gasteiger partial charge in [0.05, 0.1) is 24.3 Å². The molecule has 1 fully saturated rings. The molecule has 0 saturated heterocycles. The number of imide groups is 1. The molecule has 0 bridgehead atoms. The zero-order valence-corrected chi connectivity index (χ0v) is 23.1. The number of hydrogen-bond acceptors (Lipinski definition) is 7. The smallest absolute Gasteiger partial charge is 0.427 e. The van der Waals surface area contributed by atoms with Crippen LogP contribution >= 0.6 is 11.6 Å². The molecule has 2 amide bonds. The molecule has 2 aromatic rings. The molecule has 0 unspecified atom stereocenters. The maximum atomic E-state index is 14.3. The second-order valence-corrected chi connectivity index (χ2v) is 11.4. The minimum absolute atomic E-state index is 0.125.